The molecule has 0 aliphatic carbocycles. The number of amides is 1. The highest BCUT2D eigenvalue weighted by atomic mass is 35.5. The summed E-state index contributed by atoms with van der Waals surface area (Å²) in [6.07, 6.45) is 1.16. The smallest absolute Gasteiger partial charge is 0.260 e. The molecule has 0 saturated carbocycles. The second kappa shape index (κ2) is 10.2. The fourth-order valence-corrected chi connectivity index (χ4v) is 3.08. The van der Waals surface area contributed by atoms with Crippen LogP contribution in [0.2, 0.25) is 5.02 Å². The molecule has 0 aromatic heterocycles. The zero-order valence-electron chi connectivity index (χ0n) is 14.4. The Bertz CT molecular complexity index is 563. The quantitative estimate of drug-likeness (QED) is 0.746. The number of ether oxygens (including phenoxy) is 2. The van der Waals surface area contributed by atoms with Crippen LogP contribution in [-0.4, -0.2) is 45.4 Å². The minimum absolute atomic E-state index is 0. The van der Waals surface area contributed by atoms with Gasteiger partial charge in [-0.25, -0.2) is 4.39 Å². The van der Waals surface area contributed by atoms with Crippen molar-refractivity contribution in [3.63, 3.8) is 0 Å². The zero-order chi connectivity index (χ0) is 17.6. The molecule has 1 saturated heterocycles. The van der Waals surface area contributed by atoms with E-state index in [1.165, 1.54) is 12.1 Å². The molecule has 1 fully saturated rings. The summed E-state index contributed by atoms with van der Waals surface area (Å²) in [6.45, 7) is 4.60. The van der Waals surface area contributed by atoms with Crippen LogP contribution in [0.25, 0.3) is 0 Å². The Morgan fingerprint density at radius 2 is 2.12 bits per heavy atom. The lowest BCUT2D eigenvalue weighted by atomic mass is 9.79. The van der Waals surface area contributed by atoms with E-state index >= 15 is 0 Å². The first-order chi connectivity index (χ1) is 11.5. The van der Waals surface area contributed by atoms with Crippen LogP contribution in [0, 0.1) is 11.2 Å². The van der Waals surface area contributed by atoms with Crippen molar-refractivity contribution in [1.82, 2.24) is 10.6 Å². The van der Waals surface area contributed by atoms with E-state index in [9.17, 15) is 9.18 Å². The molecule has 1 heterocycles. The third-order valence-corrected chi connectivity index (χ3v) is 4.61. The molecule has 1 amide bonds. The van der Waals surface area contributed by atoms with Gasteiger partial charge in [0.2, 0.25) is 0 Å². The second-order valence-electron chi connectivity index (χ2n) is 6.24. The highest BCUT2D eigenvalue weighted by Crippen LogP contribution is 2.29. The standard InChI is InChI=1S/C17H24ClFN2O3.ClH/c1-12(24-15-4-3-13(19)9-14(15)18)16(22)21-10-17(11-23-2)5-7-20-8-6-17;/h3-4,9,12,20H,5-8,10-11H2,1-2H3,(H,21,22);1H. The van der Waals surface area contributed by atoms with E-state index in [0.29, 0.717) is 13.2 Å². The molecular formula is C17H25Cl2FN2O3. The Labute approximate surface area is 159 Å². The van der Waals surface area contributed by atoms with E-state index in [4.69, 9.17) is 21.1 Å². The zero-order valence-corrected chi connectivity index (χ0v) is 16.0. The van der Waals surface area contributed by atoms with Gasteiger partial charge in [0.25, 0.3) is 5.91 Å². The number of hydrogen-bond donors (Lipinski definition) is 2. The molecule has 25 heavy (non-hydrogen) atoms. The maximum atomic E-state index is 13.0. The maximum absolute atomic E-state index is 13.0. The highest BCUT2D eigenvalue weighted by molar-refractivity contribution is 6.32. The lowest BCUT2D eigenvalue weighted by Crippen LogP contribution is -2.49. The minimum atomic E-state index is -0.728. The number of benzene rings is 1. The third-order valence-electron chi connectivity index (χ3n) is 4.32. The molecule has 1 unspecified atom stereocenters. The van der Waals surface area contributed by atoms with Crippen molar-refractivity contribution in [3.05, 3.63) is 29.0 Å². The Morgan fingerprint density at radius 3 is 2.72 bits per heavy atom. The maximum Gasteiger partial charge on any atom is 0.260 e. The van der Waals surface area contributed by atoms with Crippen molar-refractivity contribution in [2.75, 3.05) is 33.4 Å². The number of hydrogen-bond acceptors (Lipinski definition) is 4. The van der Waals surface area contributed by atoms with Crippen LogP contribution in [0.4, 0.5) is 4.39 Å². The number of rotatable bonds is 7. The average Bonchev–Trinajstić information content (AvgIpc) is 2.56. The number of nitrogens with one attached hydrogen (secondary N) is 2. The summed E-state index contributed by atoms with van der Waals surface area (Å²) in [4.78, 5) is 12.3. The van der Waals surface area contributed by atoms with Crippen LogP contribution in [0.1, 0.15) is 19.8 Å². The summed E-state index contributed by atoms with van der Waals surface area (Å²) in [6, 6.07) is 3.82. The molecule has 1 aliphatic heterocycles. The van der Waals surface area contributed by atoms with Crippen LogP contribution in [-0.2, 0) is 9.53 Å². The van der Waals surface area contributed by atoms with E-state index in [-0.39, 0.29) is 34.5 Å². The first kappa shape index (κ1) is 22.0. The molecule has 1 atom stereocenters. The van der Waals surface area contributed by atoms with Gasteiger partial charge in [0.15, 0.2) is 6.10 Å². The highest BCUT2D eigenvalue weighted by Gasteiger charge is 2.33. The molecule has 0 spiro atoms. The van der Waals surface area contributed by atoms with Crippen molar-refractivity contribution in [2.45, 2.75) is 25.9 Å². The topological polar surface area (TPSA) is 59.6 Å². The van der Waals surface area contributed by atoms with Crippen molar-refractivity contribution in [1.29, 1.82) is 0 Å². The number of carbonyl (C=O) groups excluding carboxylic acids is 1. The third kappa shape index (κ3) is 6.29. The number of methoxy groups -OCH3 is 1. The van der Waals surface area contributed by atoms with Gasteiger partial charge in [-0.1, -0.05) is 11.6 Å². The van der Waals surface area contributed by atoms with Gasteiger partial charge in [-0.3, -0.25) is 4.79 Å². The molecule has 1 aliphatic rings. The molecule has 1 aromatic rings. The largest absolute Gasteiger partial charge is 0.479 e. The molecule has 0 radical (unpaired) electrons. The van der Waals surface area contributed by atoms with Gasteiger partial charge in [0.1, 0.15) is 11.6 Å². The summed E-state index contributed by atoms with van der Waals surface area (Å²) >= 11 is 5.92. The first-order valence-corrected chi connectivity index (χ1v) is 8.43. The summed E-state index contributed by atoms with van der Waals surface area (Å²) in [5.41, 5.74) is -0.0527. The van der Waals surface area contributed by atoms with E-state index < -0.39 is 11.9 Å². The molecule has 0 bridgehead atoms. The Kier molecular flexibility index (Phi) is 8.93. The van der Waals surface area contributed by atoms with Gasteiger partial charge in [-0.2, -0.15) is 0 Å². The predicted molar refractivity (Wildman–Crippen MR) is 98.2 cm³/mol. The molecule has 8 heteroatoms. The summed E-state index contributed by atoms with van der Waals surface area (Å²) in [7, 11) is 1.67. The van der Waals surface area contributed by atoms with Crippen molar-refractivity contribution in [3.8, 4) is 5.75 Å². The summed E-state index contributed by atoms with van der Waals surface area (Å²) in [5.74, 6) is -0.393. The second-order valence-corrected chi connectivity index (χ2v) is 6.64. The van der Waals surface area contributed by atoms with Gasteiger partial charge < -0.3 is 20.1 Å². The SMILES string of the molecule is COCC1(CNC(=O)C(C)Oc2ccc(F)cc2Cl)CCNCC1.Cl. The molecule has 2 rings (SSSR count). The average molecular weight is 395 g/mol. The van der Waals surface area contributed by atoms with Crippen LogP contribution in [0.15, 0.2) is 18.2 Å². The number of piperidine rings is 1. The van der Waals surface area contributed by atoms with Crippen LogP contribution in [0.5, 0.6) is 5.75 Å². The monoisotopic (exact) mass is 394 g/mol. The Hall–Kier alpha value is -1.08. The number of halogens is 3. The van der Waals surface area contributed by atoms with E-state index in [0.717, 1.165) is 32.0 Å². The Balaban J connectivity index is 0.00000312. The van der Waals surface area contributed by atoms with Crippen molar-refractivity contribution >= 4 is 29.9 Å². The van der Waals surface area contributed by atoms with Crippen LogP contribution < -0.4 is 15.4 Å². The van der Waals surface area contributed by atoms with Crippen molar-refractivity contribution in [2.24, 2.45) is 5.41 Å². The predicted octanol–water partition coefficient (Wildman–Crippen LogP) is 2.80. The lowest BCUT2D eigenvalue weighted by Gasteiger charge is -2.37. The number of carbonyl (C=O) groups is 1. The normalized spacial score (nSPS) is 17.3. The van der Waals surface area contributed by atoms with Crippen molar-refractivity contribution < 1.29 is 18.7 Å². The van der Waals surface area contributed by atoms with E-state index in [1.807, 2.05) is 0 Å². The molecule has 2 N–H and O–H groups in total. The lowest BCUT2D eigenvalue weighted by molar-refractivity contribution is -0.128. The first-order valence-electron chi connectivity index (χ1n) is 8.05. The van der Waals surface area contributed by atoms with Gasteiger partial charge in [-0.15, -0.1) is 12.4 Å². The molecule has 5 nitrogen and oxygen atoms in total. The van der Waals surface area contributed by atoms with E-state index in [1.54, 1.807) is 14.0 Å². The fraction of sp³-hybridized carbons (Fsp3) is 0.588. The van der Waals surface area contributed by atoms with Gasteiger partial charge in [0.05, 0.1) is 11.6 Å². The van der Waals surface area contributed by atoms with Crippen LogP contribution in [0.3, 0.4) is 0 Å². The summed E-state index contributed by atoms with van der Waals surface area (Å²) in [5, 5.41) is 6.40. The van der Waals surface area contributed by atoms with Gasteiger partial charge in [-0.05, 0) is 51.1 Å². The van der Waals surface area contributed by atoms with Crippen LogP contribution >= 0.6 is 24.0 Å². The Morgan fingerprint density at radius 1 is 1.44 bits per heavy atom. The minimum Gasteiger partial charge on any atom is -0.479 e. The molecular weight excluding hydrogens is 370 g/mol. The van der Waals surface area contributed by atoms with E-state index in [2.05, 4.69) is 10.6 Å². The fourth-order valence-electron chi connectivity index (χ4n) is 2.87. The molecule has 142 valence electrons. The summed E-state index contributed by atoms with van der Waals surface area (Å²) < 4.78 is 23.9. The van der Waals surface area contributed by atoms with Gasteiger partial charge >= 0.3 is 0 Å². The molecule has 1 aromatic carbocycles. The van der Waals surface area contributed by atoms with Gasteiger partial charge in [0, 0.05) is 19.1 Å².